The third-order valence-corrected chi connectivity index (χ3v) is 1.98. The normalized spacial score (nSPS) is 9.75. The van der Waals surface area contributed by atoms with Crippen LogP contribution in [0.1, 0.15) is 26.5 Å². The Morgan fingerprint density at radius 3 is 2.81 bits per heavy atom. The van der Waals surface area contributed by atoms with Crippen LogP contribution in [-0.4, -0.2) is 17.6 Å². The number of nitrogens with zero attached hydrogens (tertiary/aromatic N) is 1. The molecule has 86 valence electrons. The topological polar surface area (TPSA) is 34.1 Å². The molecule has 0 bridgehead atoms. The summed E-state index contributed by atoms with van der Waals surface area (Å²) in [5.74, 6) is 6.38. The molecular weight excluding hydrogens is 200 g/mol. The minimum atomic E-state index is 0.418. The standard InChI is InChI=1S/C13H18N2O/c1-4-5-8-16-13-7-6-12(15-10-13)9-14-11(2)3/h6-7,10-11,14H,8-9H2,1-3H3. The monoisotopic (exact) mass is 218 g/mol. The molecule has 3 heteroatoms. The van der Waals surface area contributed by atoms with E-state index in [1.54, 1.807) is 13.1 Å². The first-order valence-electron chi connectivity index (χ1n) is 5.43. The Hall–Kier alpha value is -1.53. The molecule has 1 rings (SSSR count). The lowest BCUT2D eigenvalue weighted by Crippen LogP contribution is -2.22. The van der Waals surface area contributed by atoms with Crippen LogP contribution in [0, 0.1) is 11.8 Å². The van der Waals surface area contributed by atoms with Crippen LogP contribution in [0.25, 0.3) is 0 Å². The Kier molecular flexibility index (Phi) is 5.38. The van der Waals surface area contributed by atoms with Gasteiger partial charge in [0.2, 0.25) is 0 Å². The predicted molar refractivity (Wildman–Crippen MR) is 65.2 cm³/mol. The van der Waals surface area contributed by atoms with Crippen molar-refractivity contribution in [2.75, 3.05) is 6.61 Å². The molecule has 0 amide bonds. The lowest BCUT2D eigenvalue weighted by atomic mass is 10.3. The highest BCUT2D eigenvalue weighted by Gasteiger charge is 1.97. The van der Waals surface area contributed by atoms with Gasteiger partial charge in [-0.05, 0) is 19.1 Å². The Morgan fingerprint density at radius 1 is 1.44 bits per heavy atom. The van der Waals surface area contributed by atoms with Gasteiger partial charge in [-0.2, -0.15) is 0 Å². The zero-order valence-electron chi connectivity index (χ0n) is 10.1. The third kappa shape index (κ3) is 4.81. The van der Waals surface area contributed by atoms with E-state index in [1.807, 2.05) is 12.1 Å². The van der Waals surface area contributed by atoms with Crippen LogP contribution in [0.3, 0.4) is 0 Å². The van der Waals surface area contributed by atoms with Gasteiger partial charge in [0.15, 0.2) is 0 Å². The van der Waals surface area contributed by atoms with E-state index < -0.39 is 0 Å². The summed E-state index contributed by atoms with van der Waals surface area (Å²) in [4.78, 5) is 4.29. The first-order chi connectivity index (χ1) is 7.72. The van der Waals surface area contributed by atoms with Gasteiger partial charge in [-0.15, -0.1) is 5.92 Å². The van der Waals surface area contributed by atoms with Gasteiger partial charge < -0.3 is 10.1 Å². The smallest absolute Gasteiger partial charge is 0.149 e. The van der Waals surface area contributed by atoms with E-state index in [-0.39, 0.29) is 0 Å². The minimum absolute atomic E-state index is 0.418. The van der Waals surface area contributed by atoms with Gasteiger partial charge in [0.25, 0.3) is 0 Å². The molecule has 0 unspecified atom stereocenters. The average molecular weight is 218 g/mol. The van der Waals surface area contributed by atoms with Gasteiger partial charge in [0.1, 0.15) is 12.4 Å². The maximum atomic E-state index is 5.37. The molecule has 1 aromatic heterocycles. The van der Waals surface area contributed by atoms with Gasteiger partial charge in [-0.1, -0.05) is 19.8 Å². The van der Waals surface area contributed by atoms with Crippen molar-refractivity contribution in [1.82, 2.24) is 10.3 Å². The predicted octanol–water partition coefficient (Wildman–Crippen LogP) is 1.98. The molecule has 1 aromatic rings. The summed E-state index contributed by atoms with van der Waals surface area (Å²) >= 11 is 0. The molecule has 0 aromatic carbocycles. The SMILES string of the molecule is CC#CCOc1ccc(CNC(C)C)nc1. The Labute approximate surface area is 97.2 Å². The van der Waals surface area contributed by atoms with E-state index in [1.165, 1.54) is 0 Å². The maximum absolute atomic E-state index is 5.37. The molecule has 0 fully saturated rings. The molecule has 1 heterocycles. The molecule has 0 aliphatic carbocycles. The van der Waals surface area contributed by atoms with Gasteiger partial charge >= 0.3 is 0 Å². The van der Waals surface area contributed by atoms with Crippen molar-refractivity contribution >= 4 is 0 Å². The molecule has 3 nitrogen and oxygen atoms in total. The maximum Gasteiger partial charge on any atom is 0.149 e. The largest absolute Gasteiger partial charge is 0.479 e. The van der Waals surface area contributed by atoms with Gasteiger partial charge in [-0.25, -0.2) is 0 Å². The van der Waals surface area contributed by atoms with Crippen molar-refractivity contribution in [2.24, 2.45) is 0 Å². The van der Waals surface area contributed by atoms with Crippen molar-refractivity contribution in [1.29, 1.82) is 0 Å². The quantitative estimate of drug-likeness (QED) is 0.767. The van der Waals surface area contributed by atoms with E-state index in [0.29, 0.717) is 12.6 Å². The van der Waals surface area contributed by atoms with Crippen LogP contribution in [0.5, 0.6) is 5.75 Å². The molecule has 0 radical (unpaired) electrons. The summed E-state index contributed by atoms with van der Waals surface area (Å²) in [5.41, 5.74) is 1.02. The third-order valence-electron chi connectivity index (χ3n) is 1.98. The highest BCUT2D eigenvalue weighted by Crippen LogP contribution is 2.08. The van der Waals surface area contributed by atoms with Gasteiger partial charge in [-0.3, -0.25) is 4.98 Å². The lowest BCUT2D eigenvalue weighted by Gasteiger charge is -2.07. The second kappa shape index (κ2) is 6.86. The van der Waals surface area contributed by atoms with E-state index in [9.17, 15) is 0 Å². The first kappa shape index (κ1) is 12.5. The molecular formula is C13H18N2O. The second-order valence-corrected chi connectivity index (χ2v) is 3.74. The molecule has 0 atom stereocenters. The van der Waals surface area contributed by atoms with Crippen molar-refractivity contribution in [3.8, 4) is 17.6 Å². The molecule has 0 aliphatic heterocycles. The average Bonchev–Trinajstić information content (AvgIpc) is 2.28. The van der Waals surface area contributed by atoms with Gasteiger partial charge in [0.05, 0.1) is 11.9 Å². The lowest BCUT2D eigenvalue weighted by molar-refractivity contribution is 0.368. The Morgan fingerprint density at radius 2 is 2.25 bits per heavy atom. The summed E-state index contributed by atoms with van der Waals surface area (Å²) in [6.45, 7) is 7.22. The second-order valence-electron chi connectivity index (χ2n) is 3.74. The van der Waals surface area contributed by atoms with Gasteiger partial charge in [0, 0.05) is 12.6 Å². The van der Waals surface area contributed by atoms with E-state index in [0.717, 1.165) is 18.0 Å². The molecule has 1 N–H and O–H groups in total. The fraction of sp³-hybridized carbons (Fsp3) is 0.462. The number of hydrogen-bond donors (Lipinski definition) is 1. The molecule has 16 heavy (non-hydrogen) atoms. The fourth-order valence-electron chi connectivity index (χ4n) is 1.10. The molecule has 0 spiro atoms. The highest BCUT2D eigenvalue weighted by molar-refractivity contribution is 5.20. The number of ether oxygens (including phenoxy) is 1. The van der Waals surface area contributed by atoms with Crippen molar-refractivity contribution in [3.05, 3.63) is 24.0 Å². The minimum Gasteiger partial charge on any atom is -0.479 e. The van der Waals surface area contributed by atoms with Crippen molar-refractivity contribution < 1.29 is 4.74 Å². The molecule has 0 aliphatic rings. The zero-order valence-corrected chi connectivity index (χ0v) is 10.1. The fourth-order valence-corrected chi connectivity index (χ4v) is 1.10. The van der Waals surface area contributed by atoms with E-state index >= 15 is 0 Å². The summed E-state index contributed by atoms with van der Waals surface area (Å²) in [7, 11) is 0. The summed E-state index contributed by atoms with van der Waals surface area (Å²) < 4.78 is 5.37. The number of rotatable bonds is 5. The summed E-state index contributed by atoms with van der Waals surface area (Å²) in [6.07, 6.45) is 1.73. The highest BCUT2D eigenvalue weighted by atomic mass is 16.5. The Balaban J connectivity index is 2.43. The first-order valence-corrected chi connectivity index (χ1v) is 5.43. The molecule has 0 saturated heterocycles. The molecule has 0 saturated carbocycles. The van der Waals surface area contributed by atoms with Crippen LogP contribution in [0.2, 0.25) is 0 Å². The summed E-state index contributed by atoms with van der Waals surface area (Å²) in [6, 6.07) is 4.35. The number of hydrogen-bond acceptors (Lipinski definition) is 3. The number of aromatic nitrogens is 1. The van der Waals surface area contributed by atoms with Crippen LogP contribution in [-0.2, 0) is 6.54 Å². The Bertz CT molecular complexity index is 360. The van der Waals surface area contributed by atoms with Crippen LogP contribution < -0.4 is 10.1 Å². The summed E-state index contributed by atoms with van der Waals surface area (Å²) in [5, 5.41) is 3.31. The number of pyridine rings is 1. The van der Waals surface area contributed by atoms with E-state index in [2.05, 4.69) is 36.0 Å². The van der Waals surface area contributed by atoms with Crippen molar-refractivity contribution in [2.45, 2.75) is 33.4 Å². The van der Waals surface area contributed by atoms with Crippen molar-refractivity contribution in [3.63, 3.8) is 0 Å². The number of nitrogens with one attached hydrogen (secondary N) is 1. The zero-order chi connectivity index (χ0) is 11.8. The van der Waals surface area contributed by atoms with E-state index in [4.69, 9.17) is 4.74 Å². The van der Waals surface area contributed by atoms with Crippen LogP contribution >= 0.6 is 0 Å². The van der Waals surface area contributed by atoms with Crippen LogP contribution in [0.15, 0.2) is 18.3 Å². The van der Waals surface area contributed by atoms with Crippen LogP contribution in [0.4, 0.5) is 0 Å².